The standard InChI is InChI=1S/C18H21NO2/c1-3-16(14-9-7-13(2)8-10-14)19-11-15-5-4-6-17-18(15)21-12-20-17/h4-10,16,19H,3,11-12H2,1-2H3. The molecule has 1 heterocycles. The third-order valence-electron chi connectivity index (χ3n) is 3.91. The van der Waals surface area contributed by atoms with Gasteiger partial charge in [0.05, 0.1) is 0 Å². The van der Waals surface area contributed by atoms with Crippen molar-refractivity contribution in [3.63, 3.8) is 0 Å². The molecule has 2 aromatic rings. The summed E-state index contributed by atoms with van der Waals surface area (Å²) in [7, 11) is 0. The fourth-order valence-electron chi connectivity index (χ4n) is 2.66. The summed E-state index contributed by atoms with van der Waals surface area (Å²) in [5.74, 6) is 1.72. The molecule has 0 fully saturated rings. The maximum Gasteiger partial charge on any atom is 0.231 e. The van der Waals surface area contributed by atoms with Gasteiger partial charge in [0.1, 0.15) is 0 Å². The predicted molar refractivity (Wildman–Crippen MR) is 83.6 cm³/mol. The van der Waals surface area contributed by atoms with Crippen LogP contribution in [0.15, 0.2) is 42.5 Å². The molecule has 1 atom stereocenters. The maximum atomic E-state index is 5.55. The molecule has 21 heavy (non-hydrogen) atoms. The van der Waals surface area contributed by atoms with Gasteiger partial charge in [0.25, 0.3) is 0 Å². The first-order valence-electron chi connectivity index (χ1n) is 7.45. The van der Waals surface area contributed by atoms with Crippen molar-refractivity contribution in [2.75, 3.05) is 6.79 Å². The molecule has 2 aromatic carbocycles. The van der Waals surface area contributed by atoms with Gasteiger partial charge in [-0.3, -0.25) is 0 Å². The van der Waals surface area contributed by atoms with Crippen LogP contribution in [0.25, 0.3) is 0 Å². The average Bonchev–Trinajstić information content (AvgIpc) is 2.99. The first-order chi connectivity index (χ1) is 10.3. The first-order valence-corrected chi connectivity index (χ1v) is 7.45. The number of fused-ring (bicyclic) bond motifs is 1. The lowest BCUT2D eigenvalue weighted by Gasteiger charge is -2.18. The minimum Gasteiger partial charge on any atom is -0.454 e. The highest BCUT2D eigenvalue weighted by atomic mass is 16.7. The molecule has 1 N–H and O–H groups in total. The van der Waals surface area contributed by atoms with E-state index in [-0.39, 0.29) is 0 Å². The molecule has 110 valence electrons. The Morgan fingerprint density at radius 3 is 2.67 bits per heavy atom. The van der Waals surface area contributed by atoms with E-state index >= 15 is 0 Å². The van der Waals surface area contributed by atoms with Crippen LogP contribution in [0.3, 0.4) is 0 Å². The van der Waals surface area contributed by atoms with E-state index in [1.165, 1.54) is 11.1 Å². The fraction of sp³-hybridized carbons (Fsp3) is 0.333. The van der Waals surface area contributed by atoms with Crippen LogP contribution in [-0.2, 0) is 6.54 Å². The van der Waals surface area contributed by atoms with Gasteiger partial charge >= 0.3 is 0 Å². The van der Waals surface area contributed by atoms with Crippen molar-refractivity contribution in [3.8, 4) is 11.5 Å². The Balaban J connectivity index is 1.71. The van der Waals surface area contributed by atoms with Crippen molar-refractivity contribution in [1.82, 2.24) is 5.32 Å². The van der Waals surface area contributed by atoms with Crippen LogP contribution in [0.2, 0.25) is 0 Å². The normalized spacial score (nSPS) is 14.2. The molecule has 0 radical (unpaired) electrons. The summed E-state index contributed by atoms with van der Waals surface area (Å²) in [6, 6.07) is 15.1. The second-order valence-corrected chi connectivity index (χ2v) is 5.40. The molecule has 0 aliphatic carbocycles. The quantitative estimate of drug-likeness (QED) is 0.900. The van der Waals surface area contributed by atoms with E-state index in [9.17, 15) is 0 Å². The average molecular weight is 283 g/mol. The Bertz CT molecular complexity index is 607. The third kappa shape index (κ3) is 3.03. The van der Waals surface area contributed by atoms with Gasteiger partial charge < -0.3 is 14.8 Å². The number of benzene rings is 2. The Morgan fingerprint density at radius 1 is 1.10 bits per heavy atom. The molecular formula is C18H21NO2. The van der Waals surface area contributed by atoms with Gasteiger partial charge in [-0.25, -0.2) is 0 Å². The van der Waals surface area contributed by atoms with Gasteiger partial charge in [-0.15, -0.1) is 0 Å². The highest BCUT2D eigenvalue weighted by Gasteiger charge is 2.18. The number of hydrogen-bond donors (Lipinski definition) is 1. The van der Waals surface area contributed by atoms with E-state index in [4.69, 9.17) is 9.47 Å². The van der Waals surface area contributed by atoms with Crippen LogP contribution in [0.1, 0.15) is 36.1 Å². The zero-order valence-corrected chi connectivity index (χ0v) is 12.6. The van der Waals surface area contributed by atoms with Gasteiger partial charge in [-0.2, -0.15) is 0 Å². The highest BCUT2D eigenvalue weighted by molar-refractivity contribution is 5.48. The molecular weight excluding hydrogens is 262 g/mol. The molecule has 0 bridgehead atoms. The molecule has 0 aromatic heterocycles. The molecule has 0 amide bonds. The van der Waals surface area contributed by atoms with Crippen LogP contribution in [0, 0.1) is 6.92 Å². The predicted octanol–water partition coefficient (Wildman–Crippen LogP) is 3.96. The fourth-order valence-corrected chi connectivity index (χ4v) is 2.66. The topological polar surface area (TPSA) is 30.5 Å². The minimum absolute atomic E-state index is 0.321. The summed E-state index contributed by atoms with van der Waals surface area (Å²) in [5, 5.41) is 3.62. The number of rotatable bonds is 5. The molecule has 3 heteroatoms. The number of para-hydroxylation sites is 1. The summed E-state index contributed by atoms with van der Waals surface area (Å²) < 4.78 is 11.0. The van der Waals surface area contributed by atoms with Gasteiger partial charge in [-0.1, -0.05) is 48.9 Å². The number of ether oxygens (including phenoxy) is 2. The summed E-state index contributed by atoms with van der Waals surface area (Å²) >= 11 is 0. The lowest BCUT2D eigenvalue weighted by molar-refractivity contribution is 0.173. The van der Waals surface area contributed by atoms with E-state index in [0.717, 1.165) is 30.0 Å². The largest absolute Gasteiger partial charge is 0.454 e. The highest BCUT2D eigenvalue weighted by Crippen LogP contribution is 2.35. The van der Waals surface area contributed by atoms with E-state index in [1.807, 2.05) is 12.1 Å². The van der Waals surface area contributed by atoms with Crippen molar-refractivity contribution < 1.29 is 9.47 Å². The van der Waals surface area contributed by atoms with Crippen LogP contribution in [0.4, 0.5) is 0 Å². The molecule has 3 nitrogen and oxygen atoms in total. The van der Waals surface area contributed by atoms with Crippen molar-refractivity contribution in [3.05, 3.63) is 59.2 Å². The zero-order valence-electron chi connectivity index (χ0n) is 12.6. The molecule has 1 aliphatic rings. The van der Waals surface area contributed by atoms with Crippen molar-refractivity contribution >= 4 is 0 Å². The number of nitrogens with one attached hydrogen (secondary N) is 1. The van der Waals surface area contributed by atoms with Crippen LogP contribution < -0.4 is 14.8 Å². The second-order valence-electron chi connectivity index (χ2n) is 5.40. The van der Waals surface area contributed by atoms with Gasteiger partial charge in [0.2, 0.25) is 6.79 Å². The molecule has 0 saturated heterocycles. The monoisotopic (exact) mass is 283 g/mol. The van der Waals surface area contributed by atoms with Crippen molar-refractivity contribution in [2.24, 2.45) is 0 Å². The number of hydrogen-bond acceptors (Lipinski definition) is 3. The van der Waals surface area contributed by atoms with E-state index < -0.39 is 0 Å². The van der Waals surface area contributed by atoms with Crippen molar-refractivity contribution in [2.45, 2.75) is 32.9 Å². The first kappa shape index (κ1) is 14.0. The summed E-state index contributed by atoms with van der Waals surface area (Å²) in [4.78, 5) is 0. The molecule has 1 aliphatic heterocycles. The summed E-state index contributed by atoms with van der Waals surface area (Å²) in [5.41, 5.74) is 3.77. The van der Waals surface area contributed by atoms with E-state index in [1.54, 1.807) is 0 Å². The third-order valence-corrected chi connectivity index (χ3v) is 3.91. The summed E-state index contributed by atoms with van der Waals surface area (Å²) in [6.45, 7) is 5.41. The van der Waals surface area contributed by atoms with Crippen LogP contribution in [-0.4, -0.2) is 6.79 Å². The lowest BCUT2D eigenvalue weighted by atomic mass is 10.0. The smallest absolute Gasteiger partial charge is 0.231 e. The second kappa shape index (κ2) is 6.19. The molecule has 3 rings (SSSR count). The Hall–Kier alpha value is -2.00. The Morgan fingerprint density at radius 2 is 1.90 bits per heavy atom. The van der Waals surface area contributed by atoms with E-state index in [2.05, 4.69) is 49.5 Å². The number of aryl methyl sites for hydroxylation is 1. The van der Waals surface area contributed by atoms with Gasteiger partial charge in [0.15, 0.2) is 11.5 Å². The van der Waals surface area contributed by atoms with E-state index in [0.29, 0.717) is 12.8 Å². The Labute approximate surface area is 125 Å². The molecule has 1 unspecified atom stereocenters. The Kier molecular flexibility index (Phi) is 4.11. The maximum absolute atomic E-state index is 5.55. The zero-order chi connectivity index (χ0) is 14.7. The van der Waals surface area contributed by atoms with Gasteiger partial charge in [0, 0.05) is 18.2 Å². The summed E-state index contributed by atoms with van der Waals surface area (Å²) in [6.07, 6.45) is 1.05. The minimum atomic E-state index is 0.321. The molecule has 0 spiro atoms. The van der Waals surface area contributed by atoms with Crippen molar-refractivity contribution in [1.29, 1.82) is 0 Å². The SMILES string of the molecule is CCC(NCc1cccc2c1OCO2)c1ccc(C)cc1. The lowest BCUT2D eigenvalue weighted by Crippen LogP contribution is -2.20. The molecule has 0 saturated carbocycles. The van der Waals surface area contributed by atoms with Crippen LogP contribution in [0.5, 0.6) is 11.5 Å². The van der Waals surface area contributed by atoms with Gasteiger partial charge in [-0.05, 0) is 25.0 Å². The van der Waals surface area contributed by atoms with Crippen LogP contribution >= 0.6 is 0 Å².